The van der Waals surface area contributed by atoms with E-state index >= 15 is 0 Å². The summed E-state index contributed by atoms with van der Waals surface area (Å²) in [5, 5.41) is 4.56. The van der Waals surface area contributed by atoms with Gasteiger partial charge in [-0.1, -0.05) is 24.3 Å². The Morgan fingerprint density at radius 2 is 2.03 bits per heavy atom. The third kappa shape index (κ3) is 4.49. The molecule has 31 heavy (non-hydrogen) atoms. The lowest BCUT2D eigenvalue weighted by atomic mass is 10.2. The highest BCUT2D eigenvalue weighted by Gasteiger charge is 2.23. The fourth-order valence-corrected chi connectivity index (χ4v) is 5.01. The summed E-state index contributed by atoms with van der Waals surface area (Å²) in [5.41, 5.74) is 0.820. The highest BCUT2D eigenvalue weighted by molar-refractivity contribution is 7.91. The van der Waals surface area contributed by atoms with Crippen LogP contribution in [-0.4, -0.2) is 41.4 Å². The van der Waals surface area contributed by atoms with E-state index in [-0.39, 0.29) is 34.5 Å². The number of carbonyl (C=O) groups excluding carboxylic acids is 1. The molecule has 10 heteroatoms. The number of aromatic nitrogens is 3. The topological polar surface area (TPSA) is 85.2 Å². The maximum absolute atomic E-state index is 13.6. The Hall–Kier alpha value is -3.11. The highest BCUT2D eigenvalue weighted by atomic mass is 32.2. The molecule has 0 unspecified atom stereocenters. The van der Waals surface area contributed by atoms with Crippen molar-refractivity contribution in [3.8, 4) is 0 Å². The fraction of sp³-hybridized carbons (Fsp3) is 0.190. The number of rotatable bonds is 7. The van der Waals surface area contributed by atoms with Gasteiger partial charge >= 0.3 is 0 Å². The number of anilines is 1. The van der Waals surface area contributed by atoms with Crippen molar-refractivity contribution in [2.24, 2.45) is 0 Å². The molecule has 0 fully saturated rings. The molecule has 160 valence electrons. The lowest BCUT2D eigenvalue weighted by Gasteiger charge is -2.20. The average molecular weight is 459 g/mol. The van der Waals surface area contributed by atoms with Gasteiger partial charge in [-0.05, 0) is 42.5 Å². The van der Waals surface area contributed by atoms with Crippen molar-refractivity contribution < 1.29 is 17.6 Å². The van der Waals surface area contributed by atoms with Gasteiger partial charge in [-0.3, -0.25) is 14.4 Å². The van der Waals surface area contributed by atoms with Crippen molar-refractivity contribution in [3.05, 3.63) is 72.3 Å². The number of hydrogen-bond donors (Lipinski definition) is 0. The van der Waals surface area contributed by atoms with Gasteiger partial charge in [0.25, 0.3) is 5.91 Å². The summed E-state index contributed by atoms with van der Waals surface area (Å²) in [7, 11) is -3.46. The van der Waals surface area contributed by atoms with Gasteiger partial charge in [0, 0.05) is 24.5 Å². The summed E-state index contributed by atoms with van der Waals surface area (Å²) in [6.45, 7) is 2.23. The van der Waals surface area contributed by atoms with Gasteiger partial charge in [0.15, 0.2) is 15.0 Å². The predicted molar refractivity (Wildman–Crippen MR) is 118 cm³/mol. The number of nitrogens with zero attached hydrogens (tertiary/aromatic N) is 4. The van der Waals surface area contributed by atoms with E-state index in [0.717, 1.165) is 0 Å². The molecule has 2 heterocycles. The molecule has 2 aromatic carbocycles. The molecule has 0 aliphatic rings. The molecule has 0 spiro atoms. The first-order valence-corrected chi connectivity index (χ1v) is 12.0. The summed E-state index contributed by atoms with van der Waals surface area (Å²) in [6.07, 6.45) is 3.43. The molecule has 0 saturated carbocycles. The molecule has 0 bridgehead atoms. The minimum absolute atomic E-state index is 0.0584. The molecule has 0 N–H and O–H groups in total. The van der Waals surface area contributed by atoms with Crippen LogP contribution < -0.4 is 4.90 Å². The minimum atomic E-state index is -3.46. The smallest absolute Gasteiger partial charge is 0.260 e. The van der Waals surface area contributed by atoms with Crippen molar-refractivity contribution >= 4 is 42.4 Å². The minimum Gasteiger partial charge on any atom is -0.282 e. The van der Waals surface area contributed by atoms with Crippen LogP contribution in [0.2, 0.25) is 0 Å². The second kappa shape index (κ2) is 8.56. The van der Waals surface area contributed by atoms with E-state index in [2.05, 4.69) is 10.1 Å². The third-order valence-electron chi connectivity index (χ3n) is 4.75. The number of benzene rings is 2. The zero-order valence-electron chi connectivity index (χ0n) is 16.6. The average Bonchev–Trinajstić information content (AvgIpc) is 3.43. The number of halogens is 1. The molecule has 0 radical (unpaired) electrons. The first-order chi connectivity index (χ1) is 14.9. The summed E-state index contributed by atoms with van der Waals surface area (Å²) >= 11 is 1.20. The maximum Gasteiger partial charge on any atom is 0.260 e. The van der Waals surface area contributed by atoms with Crippen LogP contribution in [0.1, 0.15) is 17.3 Å². The molecular formula is C21H19FN4O3S2. The molecule has 2 aromatic heterocycles. The van der Waals surface area contributed by atoms with Crippen LogP contribution in [-0.2, 0) is 16.4 Å². The van der Waals surface area contributed by atoms with E-state index in [1.807, 2.05) is 0 Å². The molecule has 7 nitrogen and oxygen atoms in total. The van der Waals surface area contributed by atoms with E-state index in [4.69, 9.17) is 0 Å². The van der Waals surface area contributed by atoms with Crippen LogP contribution >= 0.6 is 11.3 Å². The molecule has 0 atom stereocenters. The molecule has 0 saturated heterocycles. The van der Waals surface area contributed by atoms with E-state index in [9.17, 15) is 17.6 Å². The molecule has 0 aliphatic heterocycles. The largest absolute Gasteiger partial charge is 0.282 e. The molecule has 4 rings (SSSR count). The Morgan fingerprint density at radius 1 is 1.19 bits per heavy atom. The molecule has 4 aromatic rings. The van der Waals surface area contributed by atoms with Crippen molar-refractivity contribution in [1.82, 2.24) is 14.8 Å². The maximum atomic E-state index is 13.6. The van der Waals surface area contributed by atoms with Gasteiger partial charge in [-0.2, -0.15) is 5.10 Å². The van der Waals surface area contributed by atoms with Gasteiger partial charge in [-0.25, -0.2) is 17.8 Å². The van der Waals surface area contributed by atoms with Crippen molar-refractivity contribution in [2.45, 2.75) is 18.4 Å². The predicted octanol–water partition coefficient (Wildman–Crippen LogP) is 3.77. The Bertz CT molecular complexity index is 1330. The monoisotopic (exact) mass is 458 g/mol. The fourth-order valence-electron chi connectivity index (χ4n) is 3.07. The standard InChI is InChI=1S/C21H19FN4O3S2/c1-2-31(28,29)17-6-3-5-15(13-17)20(27)26(12-11-25-10-4-9-23-25)21-24-18-8-7-16(22)14-19(18)30-21/h3-10,13-14H,2,11-12H2,1H3. The van der Waals surface area contributed by atoms with Gasteiger partial charge < -0.3 is 0 Å². The Labute approximate surface area is 182 Å². The number of sulfone groups is 1. The number of thiazole rings is 1. The van der Waals surface area contributed by atoms with Gasteiger partial charge in [0.05, 0.1) is 27.4 Å². The lowest BCUT2D eigenvalue weighted by Crippen LogP contribution is -2.34. The Balaban J connectivity index is 1.72. The quantitative estimate of drug-likeness (QED) is 0.421. The zero-order valence-corrected chi connectivity index (χ0v) is 18.2. The normalized spacial score (nSPS) is 11.7. The van der Waals surface area contributed by atoms with Crippen LogP contribution in [0.4, 0.5) is 9.52 Å². The first kappa shape index (κ1) is 21.1. The van der Waals surface area contributed by atoms with Crippen molar-refractivity contribution in [1.29, 1.82) is 0 Å². The van der Waals surface area contributed by atoms with Crippen LogP contribution in [0.15, 0.2) is 65.8 Å². The molecule has 0 aliphatic carbocycles. The van der Waals surface area contributed by atoms with Crippen LogP contribution in [0.5, 0.6) is 0 Å². The SMILES string of the molecule is CCS(=O)(=O)c1cccc(C(=O)N(CCn2cccn2)c2nc3ccc(F)cc3s2)c1. The number of fused-ring (bicyclic) bond motifs is 1. The van der Waals surface area contributed by atoms with Crippen LogP contribution in [0.3, 0.4) is 0 Å². The van der Waals surface area contributed by atoms with Crippen molar-refractivity contribution in [2.75, 3.05) is 17.2 Å². The van der Waals surface area contributed by atoms with E-state index in [1.54, 1.807) is 48.3 Å². The summed E-state index contributed by atoms with van der Waals surface area (Å²) in [5.74, 6) is -0.827. The van der Waals surface area contributed by atoms with Crippen LogP contribution in [0, 0.1) is 5.82 Å². The second-order valence-electron chi connectivity index (χ2n) is 6.77. The van der Waals surface area contributed by atoms with E-state index < -0.39 is 9.84 Å². The lowest BCUT2D eigenvalue weighted by molar-refractivity contribution is 0.0985. The summed E-state index contributed by atoms with van der Waals surface area (Å²) in [6, 6.07) is 12.0. The molecule has 1 amide bonds. The summed E-state index contributed by atoms with van der Waals surface area (Å²) < 4.78 is 40.5. The number of hydrogen-bond acceptors (Lipinski definition) is 6. The van der Waals surface area contributed by atoms with Gasteiger partial charge in [0.2, 0.25) is 0 Å². The Morgan fingerprint density at radius 3 is 2.77 bits per heavy atom. The van der Waals surface area contributed by atoms with Crippen LogP contribution in [0.25, 0.3) is 10.2 Å². The summed E-state index contributed by atoms with van der Waals surface area (Å²) in [4.78, 5) is 19.5. The second-order valence-corrected chi connectivity index (χ2v) is 10.1. The zero-order chi connectivity index (χ0) is 22.0. The first-order valence-electron chi connectivity index (χ1n) is 9.55. The molecular weight excluding hydrogens is 439 g/mol. The highest BCUT2D eigenvalue weighted by Crippen LogP contribution is 2.30. The number of amides is 1. The van der Waals surface area contributed by atoms with E-state index in [0.29, 0.717) is 21.9 Å². The Kier molecular flexibility index (Phi) is 5.84. The third-order valence-corrected chi connectivity index (χ3v) is 7.52. The van der Waals surface area contributed by atoms with Gasteiger partial charge in [-0.15, -0.1) is 0 Å². The number of carbonyl (C=O) groups is 1. The van der Waals surface area contributed by atoms with Crippen molar-refractivity contribution in [3.63, 3.8) is 0 Å². The van der Waals surface area contributed by atoms with E-state index in [1.165, 1.54) is 40.5 Å². The van der Waals surface area contributed by atoms with Gasteiger partial charge in [0.1, 0.15) is 5.82 Å².